The summed E-state index contributed by atoms with van der Waals surface area (Å²) in [5.74, 6) is 0. The number of pyridine rings is 1. The van der Waals surface area contributed by atoms with Crippen molar-refractivity contribution in [2.24, 2.45) is 7.05 Å². The standard InChI is InChI=1S/C20H21N2/c1-21(2)19-12-9-16(10-13-19)8-11-18-15-22(3)14-17-6-4-5-7-20(17)18/h4-15H,1-3H3/q+1/b11-8+. The number of hydrogen-bond donors (Lipinski definition) is 0. The van der Waals surface area contributed by atoms with E-state index in [0.29, 0.717) is 0 Å². The van der Waals surface area contributed by atoms with E-state index in [1.165, 1.54) is 27.6 Å². The van der Waals surface area contributed by atoms with Gasteiger partial charge in [0.05, 0.1) is 0 Å². The molecule has 0 radical (unpaired) electrons. The van der Waals surface area contributed by atoms with Crippen LogP contribution >= 0.6 is 0 Å². The van der Waals surface area contributed by atoms with E-state index in [1.54, 1.807) is 0 Å². The van der Waals surface area contributed by atoms with Crippen molar-refractivity contribution in [1.82, 2.24) is 0 Å². The zero-order valence-corrected chi connectivity index (χ0v) is 13.3. The van der Waals surface area contributed by atoms with E-state index < -0.39 is 0 Å². The van der Waals surface area contributed by atoms with E-state index in [4.69, 9.17) is 0 Å². The normalized spacial score (nSPS) is 11.2. The first-order chi connectivity index (χ1) is 10.6. The van der Waals surface area contributed by atoms with Crippen LogP contribution in [0.15, 0.2) is 60.9 Å². The molecule has 3 rings (SSSR count). The fourth-order valence-corrected chi connectivity index (χ4v) is 2.62. The van der Waals surface area contributed by atoms with E-state index in [9.17, 15) is 0 Å². The maximum atomic E-state index is 2.19. The number of benzene rings is 2. The van der Waals surface area contributed by atoms with Gasteiger partial charge in [0, 0.05) is 36.1 Å². The monoisotopic (exact) mass is 289 g/mol. The van der Waals surface area contributed by atoms with Gasteiger partial charge >= 0.3 is 0 Å². The minimum Gasteiger partial charge on any atom is -0.378 e. The first kappa shape index (κ1) is 14.3. The molecule has 0 bridgehead atoms. The Morgan fingerprint density at radius 2 is 1.59 bits per heavy atom. The van der Waals surface area contributed by atoms with E-state index in [0.717, 1.165) is 0 Å². The van der Waals surface area contributed by atoms with E-state index in [-0.39, 0.29) is 0 Å². The Balaban J connectivity index is 1.95. The fourth-order valence-electron chi connectivity index (χ4n) is 2.62. The SMILES string of the molecule is CN(C)c1ccc(/C=C/c2c[n+](C)cc3ccccc23)cc1. The average Bonchev–Trinajstić information content (AvgIpc) is 2.52. The lowest BCUT2D eigenvalue weighted by molar-refractivity contribution is -0.670. The lowest BCUT2D eigenvalue weighted by Gasteiger charge is -2.11. The zero-order chi connectivity index (χ0) is 15.5. The lowest BCUT2D eigenvalue weighted by Crippen LogP contribution is -2.26. The summed E-state index contributed by atoms with van der Waals surface area (Å²) in [6.45, 7) is 0. The molecule has 2 heteroatoms. The first-order valence-electron chi connectivity index (χ1n) is 7.47. The van der Waals surface area contributed by atoms with Crippen LogP contribution in [0.4, 0.5) is 5.69 Å². The number of aryl methyl sites for hydroxylation is 1. The van der Waals surface area contributed by atoms with Crippen LogP contribution in [0.3, 0.4) is 0 Å². The van der Waals surface area contributed by atoms with Gasteiger partial charge in [0.15, 0.2) is 12.4 Å². The molecular formula is C20H21N2+. The number of rotatable bonds is 3. The minimum atomic E-state index is 1.21. The van der Waals surface area contributed by atoms with E-state index in [1.807, 2.05) is 0 Å². The fraction of sp³-hybridized carbons (Fsp3) is 0.150. The van der Waals surface area contributed by atoms with Crippen molar-refractivity contribution in [3.63, 3.8) is 0 Å². The molecule has 0 atom stereocenters. The van der Waals surface area contributed by atoms with Crippen LogP contribution in [0.5, 0.6) is 0 Å². The Labute approximate surface area is 131 Å². The summed E-state index contributed by atoms with van der Waals surface area (Å²) in [6.07, 6.45) is 8.67. The van der Waals surface area contributed by atoms with E-state index >= 15 is 0 Å². The Bertz CT molecular complexity index is 815. The van der Waals surface area contributed by atoms with Gasteiger partial charge in [-0.1, -0.05) is 36.4 Å². The highest BCUT2D eigenvalue weighted by atomic mass is 15.1. The molecule has 0 unspecified atom stereocenters. The number of nitrogens with zero attached hydrogens (tertiary/aromatic N) is 2. The predicted octanol–water partition coefficient (Wildman–Crippen LogP) is 3.90. The first-order valence-corrected chi connectivity index (χ1v) is 7.47. The molecule has 0 saturated heterocycles. The molecule has 0 aliphatic rings. The van der Waals surface area contributed by atoms with Gasteiger partial charge in [-0.15, -0.1) is 0 Å². The van der Waals surface area contributed by atoms with Gasteiger partial charge in [-0.3, -0.25) is 0 Å². The number of fused-ring (bicyclic) bond motifs is 1. The third kappa shape index (κ3) is 3.01. The predicted molar refractivity (Wildman–Crippen MR) is 94.8 cm³/mol. The van der Waals surface area contributed by atoms with Crippen molar-refractivity contribution in [1.29, 1.82) is 0 Å². The summed E-state index contributed by atoms with van der Waals surface area (Å²) in [6, 6.07) is 17.1. The molecular weight excluding hydrogens is 268 g/mol. The molecule has 0 aliphatic heterocycles. The summed E-state index contributed by atoms with van der Waals surface area (Å²) in [5, 5.41) is 2.54. The Morgan fingerprint density at radius 1 is 0.864 bits per heavy atom. The quantitative estimate of drug-likeness (QED) is 0.663. The molecule has 2 nitrogen and oxygen atoms in total. The summed E-state index contributed by atoms with van der Waals surface area (Å²) < 4.78 is 2.11. The van der Waals surface area contributed by atoms with Gasteiger partial charge in [0.2, 0.25) is 0 Å². The third-order valence-electron chi connectivity index (χ3n) is 3.82. The van der Waals surface area contributed by atoms with Crippen molar-refractivity contribution in [3.05, 3.63) is 72.1 Å². The van der Waals surface area contributed by atoms with Crippen LogP contribution in [0.2, 0.25) is 0 Å². The van der Waals surface area contributed by atoms with Crippen molar-refractivity contribution in [2.45, 2.75) is 0 Å². The molecule has 2 aromatic carbocycles. The lowest BCUT2D eigenvalue weighted by atomic mass is 10.1. The molecule has 1 heterocycles. The van der Waals surface area contributed by atoms with Crippen LogP contribution in [-0.4, -0.2) is 14.1 Å². The Hall–Kier alpha value is -2.61. The second-order valence-electron chi connectivity index (χ2n) is 5.79. The Kier molecular flexibility index (Phi) is 3.92. The van der Waals surface area contributed by atoms with Crippen molar-refractivity contribution in [3.8, 4) is 0 Å². The van der Waals surface area contributed by atoms with Crippen LogP contribution < -0.4 is 9.47 Å². The molecule has 0 aliphatic carbocycles. The molecule has 3 aromatic rings. The van der Waals surface area contributed by atoms with Crippen LogP contribution in [-0.2, 0) is 7.05 Å². The van der Waals surface area contributed by atoms with Crippen molar-refractivity contribution >= 4 is 28.6 Å². The molecule has 110 valence electrons. The molecule has 0 N–H and O–H groups in total. The van der Waals surface area contributed by atoms with E-state index in [2.05, 4.69) is 104 Å². The highest BCUT2D eigenvalue weighted by Crippen LogP contribution is 2.19. The summed E-state index contributed by atoms with van der Waals surface area (Å²) in [7, 11) is 6.18. The highest BCUT2D eigenvalue weighted by Gasteiger charge is 2.04. The molecule has 1 aromatic heterocycles. The van der Waals surface area contributed by atoms with Crippen molar-refractivity contribution in [2.75, 3.05) is 19.0 Å². The maximum absolute atomic E-state index is 2.19. The summed E-state index contributed by atoms with van der Waals surface area (Å²) in [4.78, 5) is 2.11. The second-order valence-corrected chi connectivity index (χ2v) is 5.79. The van der Waals surface area contributed by atoms with Crippen LogP contribution in [0.25, 0.3) is 22.9 Å². The van der Waals surface area contributed by atoms with Gasteiger partial charge in [0.1, 0.15) is 7.05 Å². The summed E-state index contributed by atoms with van der Waals surface area (Å²) >= 11 is 0. The molecule has 0 saturated carbocycles. The van der Waals surface area contributed by atoms with Crippen LogP contribution in [0.1, 0.15) is 11.1 Å². The van der Waals surface area contributed by atoms with Gasteiger partial charge in [-0.05, 0) is 29.8 Å². The molecule has 0 spiro atoms. The smallest absolute Gasteiger partial charge is 0.176 e. The molecule has 22 heavy (non-hydrogen) atoms. The van der Waals surface area contributed by atoms with Gasteiger partial charge in [-0.2, -0.15) is 0 Å². The van der Waals surface area contributed by atoms with Gasteiger partial charge in [0.25, 0.3) is 0 Å². The topological polar surface area (TPSA) is 7.12 Å². The number of anilines is 1. The number of aromatic nitrogens is 1. The Morgan fingerprint density at radius 3 is 2.32 bits per heavy atom. The van der Waals surface area contributed by atoms with Gasteiger partial charge < -0.3 is 4.90 Å². The largest absolute Gasteiger partial charge is 0.378 e. The second kappa shape index (κ2) is 6.02. The van der Waals surface area contributed by atoms with Gasteiger partial charge in [-0.25, -0.2) is 4.57 Å². The molecule has 0 fully saturated rings. The zero-order valence-electron chi connectivity index (χ0n) is 13.3. The van der Waals surface area contributed by atoms with Crippen LogP contribution in [0, 0.1) is 0 Å². The average molecular weight is 289 g/mol. The maximum Gasteiger partial charge on any atom is 0.176 e. The van der Waals surface area contributed by atoms with Crippen molar-refractivity contribution < 1.29 is 4.57 Å². The minimum absolute atomic E-state index is 1.21. The highest BCUT2D eigenvalue weighted by molar-refractivity contribution is 5.91. The molecule has 0 amide bonds. The number of hydrogen-bond acceptors (Lipinski definition) is 1. The third-order valence-corrected chi connectivity index (χ3v) is 3.82. The summed E-state index contributed by atoms with van der Waals surface area (Å²) in [5.41, 5.74) is 3.66.